The average molecular weight is 369 g/mol. The van der Waals surface area contributed by atoms with Crippen LogP contribution in [0.3, 0.4) is 0 Å². The van der Waals surface area contributed by atoms with Crippen molar-refractivity contribution in [2.24, 2.45) is 0 Å². The Labute approximate surface area is 132 Å². The van der Waals surface area contributed by atoms with Crippen LogP contribution in [0.4, 0.5) is 10.1 Å². The van der Waals surface area contributed by atoms with Gasteiger partial charge in [-0.3, -0.25) is 0 Å². The molecule has 0 radical (unpaired) electrons. The summed E-state index contributed by atoms with van der Waals surface area (Å²) < 4.78 is 19.2. The highest BCUT2D eigenvalue weighted by Crippen LogP contribution is 2.28. The van der Waals surface area contributed by atoms with Crippen molar-refractivity contribution in [1.29, 1.82) is 0 Å². The second-order valence-electron chi connectivity index (χ2n) is 4.32. The van der Waals surface area contributed by atoms with Gasteiger partial charge in [0.05, 0.1) is 10.7 Å². The average Bonchev–Trinajstić information content (AvgIpc) is 2.90. The molecule has 2 N–H and O–H groups in total. The molecule has 0 saturated carbocycles. The van der Waals surface area contributed by atoms with Crippen LogP contribution in [0.2, 0.25) is 5.02 Å². The van der Waals surface area contributed by atoms with E-state index in [2.05, 4.69) is 26.1 Å². The molecule has 7 heteroatoms. The maximum absolute atomic E-state index is 13.4. The molecule has 0 spiro atoms. The van der Waals surface area contributed by atoms with Crippen LogP contribution in [-0.2, 0) is 0 Å². The molecule has 0 saturated heterocycles. The number of benzene rings is 2. The van der Waals surface area contributed by atoms with Gasteiger partial charge < -0.3 is 10.3 Å². The fourth-order valence-corrected chi connectivity index (χ4v) is 2.40. The standard InChI is InChI=1S/C14H8BrClFN3O/c15-9-3-8(4-10(17)6-9)13-19-14(21-20-13)7-1-2-11(16)12(18)5-7/h1-6H,18H2. The van der Waals surface area contributed by atoms with Crippen molar-refractivity contribution in [3.63, 3.8) is 0 Å². The molecule has 0 aliphatic rings. The summed E-state index contributed by atoms with van der Waals surface area (Å²) in [5.74, 6) is 0.189. The smallest absolute Gasteiger partial charge is 0.258 e. The number of aromatic nitrogens is 2. The molecule has 106 valence electrons. The molecule has 3 rings (SSSR count). The van der Waals surface area contributed by atoms with Gasteiger partial charge in [0.1, 0.15) is 5.82 Å². The monoisotopic (exact) mass is 367 g/mol. The zero-order valence-corrected chi connectivity index (χ0v) is 12.8. The Bertz CT molecular complexity index is 801. The number of anilines is 1. The van der Waals surface area contributed by atoms with Crippen molar-refractivity contribution < 1.29 is 8.91 Å². The van der Waals surface area contributed by atoms with Gasteiger partial charge >= 0.3 is 0 Å². The molecule has 2 aromatic carbocycles. The summed E-state index contributed by atoms with van der Waals surface area (Å²) in [6.07, 6.45) is 0. The first-order chi connectivity index (χ1) is 10.0. The van der Waals surface area contributed by atoms with Gasteiger partial charge in [-0.2, -0.15) is 4.98 Å². The summed E-state index contributed by atoms with van der Waals surface area (Å²) in [5.41, 5.74) is 7.31. The summed E-state index contributed by atoms with van der Waals surface area (Å²) in [6, 6.07) is 9.39. The Morgan fingerprint density at radius 1 is 1.14 bits per heavy atom. The molecule has 0 bridgehead atoms. The van der Waals surface area contributed by atoms with Crippen molar-refractivity contribution >= 4 is 33.2 Å². The third kappa shape index (κ3) is 2.91. The normalized spacial score (nSPS) is 10.8. The number of nitrogens with two attached hydrogens (primary N) is 1. The molecule has 0 aliphatic carbocycles. The first-order valence-corrected chi connectivity index (χ1v) is 7.05. The van der Waals surface area contributed by atoms with E-state index in [1.54, 1.807) is 24.3 Å². The van der Waals surface area contributed by atoms with Crippen LogP contribution in [0.5, 0.6) is 0 Å². The van der Waals surface area contributed by atoms with Gasteiger partial charge in [0.15, 0.2) is 0 Å². The Kier molecular flexibility index (Phi) is 3.65. The highest BCUT2D eigenvalue weighted by molar-refractivity contribution is 9.10. The number of hydrogen-bond acceptors (Lipinski definition) is 4. The lowest BCUT2D eigenvalue weighted by Gasteiger charge is -1.99. The van der Waals surface area contributed by atoms with Crippen LogP contribution >= 0.6 is 27.5 Å². The fraction of sp³-hybridized carbons (Fsp3) is 0. The Morgan fingerprint density at radius 2 is 1.95 bits per heavy atom. The van der Waals surface area contributed by atoms with Crippen molar-refractivity contribution in [1.82, 2.24) is 10.1 Å². The van der Waals surface area contributed by atoms with Crippen molar-refractivity contribution in [2.75, 3.05) is 5.73 Å². The van der Waals surface area contributed by atoms with E-state index in [4.69, 9.17) is 21.9 Å². The predicted molar refractivity (Wildman–Crippen MR) is 82.3 cm³/mol. The molecule has 0 amide bonds. The summed E-state index contributed by atoms with van der Waals surface area (Å²) in [5, 5.41) is 4.30. The summed E-state index contributed by atoms with van der Waals surface area (Å²) in [4.78, 5) is 4.24. The first kappa shape index (κ1) is 14.0. The van der Waals surface area contributed by atoms with Crippen LogP contribution < -0.4 is 5.73 Å². The number of halogens is 3. The van der Waals surface area contributed by atoms with Gasteiger partial charge in [-0.05, 0) is 36.4 Å². The molecule has 1 heterocycles. The third-order valence-electron chi connectivity index (χ3n) is 2.79. The molecular formula is C14H8BrClFN3O. The van der Waals surface area contributed by atoms with Gasteiger partial charge in [-0.25, -0.2) is 4.39 Å². The summed E-state index contributed by atoms with van der Waals surface area (Å²) in [6.45, 7) is 0. The van der Waals surface area contributed by atoms with Crippen molar-refractivity contribution in [3.05, 3.63) is 51.7 Å². The molecule has 0 atom stereocenters. The van der Waals surface area contributed by atoms with Gasteiger partial charge in [0.25, 0.3) is 5.89 Å². The van der Waals surface area contributed by atoms with Crippen molar-refractivity contribution in [2.45, 2.75) is 0 Å². The lowest BCUT2D eigenvalue weighted by molar-refractivity contribution is 0.432. The van der Waals surface area contributed by atoms with E-state index < -0.39 is 0 Å². The number of nitrogen functional groups attached to an aromatic ring is 1. The highest BCUT2D eigenvalue weighted by Gasteiger charge is 2.13. The molecular weight excluding hydrogens is 361 g/mol. The van der Waals surface area contributed by atoms with E-state index in [-0.39, 0.29) is 11.7 Å². The Morgan fingerprint density at radius 3 is 2.67 bits per heavy atom. The number of rotatable bonds is 2. The third-order valence-corrected chi connectivity index (χ3v) is 3.59. The minimum atomic E-state index is -0.388. The largest absolute Gasteiger partial charge is 0.398 e. The van der Waals surface area contributed by atoms with Gasteiger partial charge in [-0.1, -0.05) is 32.7 Å². The number of hydrogen-bond donors (Lipinski definition) is 1. The lowest BCUT2D eigenvalue weighted by Crippen LogP contribution is -1.87. The Hall–Kier alpha value is -1.92. The Balaban J connectivity index is 2.01. The molecule has 3 aromatic rings. The molecule has 1 aromatic heterocycles. The molecule has 4 nitrogen and oxygen atoms in total. The summed E-state index contributed by atoms with van der Waals surface area (Å²) in [7, 11) is 0. The second kappa shape index (κ2) is 5.46. The maximum atomic E-state index is 13.4. The first-order valence-electron chi connectivity index (χ1n) is 5.88. The van der Waals surface area contributed by atoms with E-state index >= 15 is 0 Å². The van der Waals surface area contributed by atoms with Crippen LogP contribution in [-0.4, -0.2) is 10.1 Å². The van der Waals surface area contributed by atoms with Gasteiger partial charge in [-0.15, -0.1) is 0 Å². The quantitative estimate of drug-likeness (QED) is 0.674. The topological polar surface area (TPSA) is 64.9 Å². The van der Waals surface area contributed by atoms with E-state index in [9.17, 15) is 4.39 Å². The van der Waals surface area contributed by atoms with Gasteiger partial charge in [0.2, 0.25) is 5.82 Å². The predicted octanol–water partition coefficient (Wildman–Crippen LogP) is 4.54. The molecule has 0 unspecified atom stereocenters. The highest BCUT2D eigenvalue weighted by atomic mass is 79.9. The minimum absolute atomic E-state index is 0.286. The SMILES string of the molecule is Nc1cc(-c2nc(-c3cc(F)cc(Br)c3)no2)ccc1Cl. The van der Waals surface area contributed by atoms with Gasteiger partial charge in [0, 0.05) is 15.6 Å². The van der Waals surface area contributed by atoms with Crippen LogP contribution in [0.25, 0.3) is 22.8 Å². The minimum Gasteiger partial charge on any atom is -0.398 e. The van der Waals surface area contributed by atoms with E-state index in [0.29, 0.717) is 32.1 Å². The lowest BCUT2D eigenvalue weighted by atomic mass is 10.2. The fourth-order valence-electron chi connectivity index (χ4n) is 1.82. The molecule has 0 aliphatic heterocycles. The van der Waals surface area contributed by atoms with E-state index in [1.807, 2.05) is 0 Å². The van der Waals surface area contributed by atoms with Crippen molar-refractivity contribution in [3.8, 4) is 22.8 Å². The van der Waals surface area contributed by atoms with Crippen LogP contribution in [0.15, 0.2) is 45.4 Å². The molecule has 0 fully saturated rings. The van der Waals surface area contributed by atoms with E-state index in [1.165, 1.54) is 12.1 Å². The van der Waals surface area contributed by atoms with E-state index in [0.717, 1.165) is 0 Å². The second-order valence-corrected chi connectivity index (χ2v) is 5.64. The number of nitrogens with zero attached hydrogens (tertiary/aromatic N) is 2. The van der Waals surface area contributed by atoms with Crippen LogP contribution in [0.1, 0.15) is 0 Å². The van der Waals surface area contributed by atoms with Crippen LogP contribution in [0, 0.1) is 5.82 Å². The zero-order valence-electron chi connectivity index (χ0n) is 10.5. The maximum Gasteiger partial charge on any atom is 0.258 e. The zero-order chi connectivity index (χ0) is 15.0. The molecule has 21 heavy (non-hydrogen) atoms. The summed E-state index contributed by atoms with van der Waals surface area (Å²) >= 11 is 9.09.